The number of nitrogens with one attached hydrogen (secondary N) is 1. The van der Waals surface area contributed by atoms with Crippen LogP contribution in [0.5, 0.6) is 5.75 Å². The smallest absolute Gasteiger partial charge is 0.281 e. The predicted molar refractivity (Wildman–Crippen MR) is 112 cm³/mol. The minimum Gasteiger partial charge on any atom is -0.497 e. The summed E-state index contributed by atoms with van der Waals surface area (Å²) >= 11 is 0. The molecule has 0 saturated heterocycles. The van der Waals surface area contributed by atoms with Crippen molar-refractivity contribution in [2.45, 2.75) is 26.8 Å². The van der Waals surface area contributed by atoms with E-state index >= 15 is 0 Å². The van der Waals surface area contributed by atoms with Gasteiger partial charge in [-0.15, -0.1) is 0 Å². The number of hydrogen-bond acceptors (Lipinski definition) is 3. The maximum atomic E-state index is 12.5. The van der Waals surface area contributed by atoms with Gasteiger partial charge in [-0.25, -0.2) is 0 Å². The van der Waals surface area contributed by atoms with Gasteiger partial charge < -0.3 is 14.3 Å². The topological polar surface area (TPSA) is 59.9 Å². The second-order valence-corrected chi connectivity index (χ2v) is 6.92. The third kappa shape index (κ3) is 3.20. The van der Waals surface area contributed by atoms with Gasteiger partial charge in [0.15, 0.2) is 0 Å². The Morgan fingerprint density at radius 2 is 1.89 bits per heavy atom. The fourth-order valence-electron chi connectivity index (χ4n) is 3.79. The van der Waals surface area contributed by atoms with Crippen LogP contribution in [0.15, 0.2) is 59.5 Å². The molecule has 0 bridgehead atoms. The summed E-state index contributed by atoms with van der Waals surface area (Å²) in [6, 6.07) is 15.8. The van der Waals surface area contributed by atoms with Crippen LogP contribution < -0.4 is 10.3 Å². The Morgan fingerprint density at radius 3 is 2.64 bits per heavy atom. The van der Waals surface area contributed by atoms with Gasteiger partial charge in [0, 0.05) is 29.3 Å². The van der Waals surface area contributed by atoms with E-state index < -0.39 is 0 Å². The van der Waals surface area contributed by atoms with E-state index in [2.05, 4.69) is 20.6 Å². The number of aromatic nitrogens is 3. The number of H-pyrrole nitrogens is 1. The van der Waals surface area contributed by atoms with Crippen LogP contribution in [0.2, 0.25) is 0 Å². The molecule has 0 radical (unpaired) electrons. The molecule has 2 heterocycles. The Hall–Kier alpha value is -3.34. The standard InChI is InChI=1S/C23H23N3O2/c1-15-22(17-7-5-4-6-8-17)23(27)25-16(2)26(15)12-11-18-14-24-21-10-9-19(28-3)13-20(18)21/h4-10,13-14,24H,11-12H2,1-3H3. The third-order valence-corrected chi connectivity index (χ3v) is 5.28. The fraction of sp³-hybridized carbons (Fsp3) is 0.217. The molecule has 5 heteroatoms. The number of rotatable bonds is 5. The first-order valence-corrected chi connectivity index (χ1v) is 9.36. The molecule has 142 valence electrons. The zero-order valence-electron chi connectivity index (χ0n) is 16.3. The van der Waals surface area contributed by atoms with Crippen molar-refractivity contribution in [3.63, 3.8) is 0 Å². The summed E-state index contributed by atoms with van der Waals surface area (Å²) in [4.78, 5) is 20.1. The molecule has 4 aromatic rings. The average molecular weight is 373 g/mol. The first-order chi connectivity index (χ1) is 13.6. The molecule has 0 atom stereocenters. The minimum absolute atomic E-state index is 0.172. The van der Waals surface area contributed by atoms with E-state index in [1.54, 1.807) is 7.11 Å². The van der Waals surface area contributed by atoms with Crippen LogP contribution >= 0.6 is 0 Å². The molecule has 0 saturated carbocycles. The number of methoxy groups -OCH3 is 1. The Labute approximate surface area is 163 Å². The summed E-state index contributed by atoms with van der Waals surface area (Å²) in [5, 5.41) is 1.16. The summed E-state index contributed by atoms with van der Waals surface area (Å²) < 4.78 is 7.49. The Balaban J connectivity index is 1.70. The van der Waals surface area contributed by atoms with Crippen molar-refractivity contribution < 1.29 is 4.74 Å². The van der Waals surface area contributed by atoms with Gasteiger partial charge in [0.05, 0.1) is 12.7 Å². The predicted octanol–water partition coefficient (Wildman–Crippen LogP) is 4.26. The molecule has 0 aliphatic heterocycles. The van der Waals surface area contributed by atoms with Crippen LogP contribution in [-0.4, -0.2) is 21.6 Å². The lowest BCUT2D eigenvalue weighted by Crippen LogP contribution is -2.21. The summed E-state index contributed by atoms with van der Waals surface area (Å²) in [6.07, 6.45) is 2.87. The molecule has 5 nitrogen and oxygen atoms in total. The Bertz CT molecular complexity index is 1190. The van der Waals surface area contributed by atoms with Gasteiger partial charge in [-0.2, -0.15) is 4.98 Å². The molecule has 1 N–H and O–H groups in total. The van der Waals surface area contributed by atoms with E-state index in [1.807, 2.05) is 62.5 Å². The zero-order valence-corrected chi connectivity index (χ0v) is 16.3. The molecule has 2 aromatic heterocycles. The normalized spacial score (nSPS) is 11.1. The Morgan fingerprint density at radius 1 is 1.11 bits per heavy atom. The highest BCUT2D eigenvalue weighted by Crippen LogP contribution is 2.25. The van der Waals surface area contributed by atoms with Gasteiger partial charge in [0.1, 0.15) is 11.6 Å². The van der Waals surface area contributed by atoms with E-state index in [1.165, 1.54) is 5.56 Å². The molecule has 0 unspecified atom stereocenters. The summed E-state index contributed by atoms with van der Waals surface area (Å²) in [6.45, 7) is 4.63. The van der Waals surface area contributed by atoms with Crippen molar-refractivity contribution in [1.82, 2.24) is 14.5 Å². The van der Waals surface area contributed by atoms with E-state index in [0.717, 1.165) is 46.7 Å². The van der Waals surface area contributed by atoms with Crippen molar-refractivity contribution in [3.8, 4) is 16.9 Å². The van der Waals surface area contributed by atoms with Crippen molar-refractivity contribution in [1.29, 1.82) is 0 Å². The SMILES string of the molecule is COc1ccc2[nH]cc(CCn3c(C)nc(=O)c(-c4ccccc4)c3C)c2c1. The van der Waals surface area contributed by atoms with E-state index in [0.29, 0.717) is 5.56 Å². The van der Waals surface area contributed by atoms with Gasteiger partial charge in [0.2, 0.25) is 0 Å². The second-order valence-electron chi connectivity index (χ2n) is 6.92. The lowest BCUT2D eigenvalue weighted by molar-refractivity contribution is 0.415. The van der Waals surface area contributed by atoms with Gasteiger partial charge in [-0.05, 0) is 49.6 Å². The number of ether oxygens (including phenoxy) is 1. The quantitative estimate of drug-likeness (QED) is 0.569. The molecule has 4 rings (SSSR count). The minimum atomic E-state index is -0.172. The van der Waals surface area contributed by atoms with E-state index in [9.17, 15) is 4.79 Å². The van der Waals surface area contributed by atoms with Crippen LogP contribution in [-0.2, 0) is 13.0 Å². The molecule has 0 fully saturated rings. The first kappa shape index (κ1) is 18.0. The summed E-state index contributed by atoms with van der Waals surface area (Å²) in [5.74, 6) is 1.58. The highest BCUT2D eigenvalue weighted by Gasteiger charge is 2.14. The number of aryl methyl sites for hydroxylation is 2. The maximum Gasteiger partial charge on any atom is 0.281 e. The molecular formula is C23H23N3O2. The second kappa shape index (κ2) is 7.35. The fourth-order valence-corrected chi connectivity index (χ4v) is 3.79. The largest absolute Gasteiger partial charge is 0.497 e. The van der Waals surface area contributed by atoms with Crippen LogP contribution in [0.25, 0.3) is 22.0 Å². The number of fused-ring (bicyclic) bond motifs is 1. The number of hydrogen-bond donors (Lipinski definition) is 1. The number of aromatic amines is 1. The molecule has 28 heavy (non-hydrogen) atoms. The van der Waals surface area contributed by atoms with Crippen molar-refractivity contribution in [2.24, 2.45) is 0 Å². The van der Waals surface area contributed by atoms with Crippen molar-refractivity contribution >= 4 is 10.9 Å². The summed E-state index contributed by atoms with van der Waals surface area (Å²) in [7, 11) is 1.68. The van der Waals surface area contributed by atoms with Gasteiger partial charge in [-0.3, -0.25) is 4.79 Å². The number of nitrogens with zero attached hydrogens (tertiary/aromatic N) is 2. The molecule has 2 aromatic carbocycles. The maximum absolute atomic E-state index is 12.5. The van der Waals surface area contributed by atoms with Crippen LogP contribution in [0.3, 0.4) is 0 Å². The van der Waals surface area contributed by atoms with Gasteiger partial charge >= 0.3 is 0 Å². The molecule has 0 spiro atoms. The lowest BCUT2D eigenvalue weighted by Gasteiger charge is -2.17. The monoisotopic (exact) mass is 373 g/mol. The molecule has 0 aliphatic carbocycles. The number of benzene rings is 2. The van der Waals surface area contributed by atoms with Crippen LogP contribution in [0.4, 0.5) is 0 Å². The lowest BCUT2D eigenvalue weighted by atomic mass is 10.1. The van der Waals surface area contributed by atoms with E-state index in [4.69, 9.17) is 4.74 Å². The van der Waals surface area contributed by atoms with Crippen molar-refractivity contribution in [2.75, 3.05) is 7.11 Å². The Kier molecular flexibility index (Phi) is 4.74. The molecule has 0 aliphatic rings. The van der Waals surface area contributed by atoms with Gasteiger partial charge in [-0.1, -0.05) is 30.3 Å². The van der Waals surface area contributed by atoms with Crippen LogP contribution in [0, 0.1) is 13.8 Å². The molecule has 0 amide bonds. The average Bonchev–Trinajstić information content (AvgIpc) is 3.10. The van der Waals surface area contributed by atoms with Gasteiger partial charge in [0.25, 0.3) is 5.56 Å². The highest BCUT2D eigenvalue weighted by molar-refractivity contribution is 5.84. The van der Waals surface area contributed by atoms with Crippen molar-refractivity contribution in [3.05, 3.63) is 82.2 Å². The third-order valence-electron chi connectivity index (χ3n) is 5.28. The first-order valence-electron chi connectivity index (χ1n) is 9.36. The highest BCUT2D eigenvalue weighted by atomic mass is 16.5. The zero-order chi connectivity index (χ0) is 19.7. The summed E-state index contributed by atoms with van der Waals surface area (Å²) in [5.41, 5.74) is 4.66. The van der Waals surface area contributed by atoms with Crippen LogP contribution in [0.1, 0.15) is 17.1 Å². The van der Waals surface area contributed by atoms with E-state index in [-0.39, 0.29) is 5.56 Å². The molecular weight excluding hydrogens is 350 g/mol.